The molecule has 1 saturated heterocycles. The van der Waals surface area contributed by atoms with Crippen LogP contribution in [0.1, 0.15) is 19.8 Å². The minimum absolute atomic E-state index is 0.304. The predicted octanol–water partition coefficient (Wildman–Crippen LogP) is 0.794. The van der Waals surface area contributed by atoms with Crippen LogP contribution in [-0.4, -0.2) is 24.4 Å². The van der Waals surface area contributed by atoms with Gasteiger partial charge in [-0.1, -0.05) is 13.3 Å². The first-order chi connectivity index (χ1) is 4.38. The standard InChI is InChI=1S/C7H14O2/c1-2-6(3-4-8)7-5-9-7/h6-8H,2-5H2,1H3/t6-,7?/m1/s1. The second-order valence-electron chi connectivity index (χ2n) is 2.55. The van der Waals surface area contributed by atoms with Crippen molar-refractivity contribution in [2.75, 3.05) is 13.2 Å². The molecule has 0 radical (unpaired) electrons. The van der Waals surface area contributed by atoms with E-state index in [0.717, 1.165) is 19.4 Å². The molecule has 1 rings (SSSR count). The van der Waals surface area contributed by atoms with Gasteiger partial charge >= 0.3 is 0 Å². The monoisotopic (exact) mass is 130 g/mol. The molecule has 0 aromatic rings. The maximum absolute atomic E-state index is 8.59. The molecule has 0 amide bonds. The summed E-state index contributed by atoms with van der Waals surface area (Å²) in [5.74, 6) is 0.606. The maximum atomic E-state index is 8.59. The second kappa shape index (κ2) is 3.18. The van der Waals surface area contributed by atoms with Crippen molar-refractivity contribution in [3.63, 3.8) is 0 Å². The van der Waals surface area contributed by atoms with Gasteiger partial charge in [-0.2, -0.15) is 0 Å². The Bertz CT molecular complexity index is 79.0. The molecule has 2 atom stereocenters. The first-order valence-corrected chi connectivity index (χ1v) is 3.61. The Morgan fingerprint density at radius 1 is 1.78 bits per heavy atom. The summed E-state index contributed by atoms with van der Waals surface area (Å²) in [7, 11) is 0. The lowest BCUT2D eigenvalue weighted by Crippen LogP contribution is -2.08. The van der Waals surface area contributed by atoms with Crippen molar-refractivity contribution in [1.82, 2.24) is 0 Å². The minimum Gasteiger partial charge on any atom is -0.396 e. The van der Waals surface area contributed by atoms with E-state index in [0.29, 0.717) is 18.6 Å². The van der Waals surface area contributed by atoms with E-state index in [1.54, 1.807) is 0 Å². The fraction of sp³-hybridized carbons (Fsp3) is 1.00. The fourth-order valence-electron chi connectivity index (χ4n) is 1.15. The molecular weight excluding hydrogens is 116 g/mol. The van der Waals surface area contributed by atoms with E-state index in [4.69, 9.17) is 9.84 Å². The topological polar surface area (TPSA) is 32.8 Å². The first kappa shape index (κ1) is 7.03. The number of hydrogen-bond acceptors (Lipinski definition) is 2. The summed E-state index contributed by atoms with van der Waals surface area (Å²) in [4.78, 5) is 0. The molecule has 2 heteroatoms. The quantitative estimate of drug-likeness (QED) is 0.571. The lowest BCUT2D eigenvalue weighted by molar-refractivity contribution is 0.227. The molecule has 54 valence electrons. The lowest BCUT2D eigenvalue weighted by atomic mass is 10.00. The predicted molar refractivity (Wildman–Crippen MR) is 35.2 cm³/mol. The third-order valence-corrected chi connectivity index (χ3v) is 1.91. The zero-order valence-electron chi connectivity index (χ0n) is 5.84. The summed E-state index contributed by atoms with van der Waals surface area (Å²) in [5.41, 5.74) is 0. The third kappa shape index (κ3) is 1.95. The van der Waals surface area contributed by atoms with Crippen LogP contribution >= 0.6 is 0 Å². The highest BCUT2D eigenvalue weighted by Gasteiger charge is 2.30. The lowest BCUT2D eigenvalue weighted by Gasteiger charge is -2.07. The first-order valence-electron chi connectivity index (χ1n) is 3.61. The number of ether oxygens (including phenoxy) is 1. The van der Waals surface area contributed by atoms with Crippen molar-refractivity contribution in [1.29, 1.82) is 0 Å². The van der Waals surface area contributed by atoms with Crippen molar-refractivity contribution in [3.8, 4) is 0 Å². The number of aliphatic hydroxyl groups excluding tert-OH is 1. The van der Waals surface area contributed by atoms with Crippen LogP contribution in [0, 0.1) is 5.92 Å². The Balaban J connectivity index is 2.12. The molecule has 0 aliphatic carbocycles. The van der Waals surface area contributed by atoms with Crippen LogP contribution in [0.15, 0.2) is 0 Å². The molecule has 1 unspecified atom stereocenters. The summed E-state index contributed by atoms with van der Waals surface area (Å²) < 4.78 is 5.10. The number of hydrogen-bond donors (Lipinski definition) is 1. The van der Waals surface area contributed by atoms with E-state index in [1.807, 2.05) is 0 Å². The van der Waals surface area contributed by atoms with Crippen molar-refractivity contribution < 1.29 is 9.84 Å². The largest absolute Gasteiger partial charge is 0.396 e. The summed E-state index contributed by atoms with van der Waals surface area (Å²) in [5, 5.41) is 8.59. The van der Waals surface area contributed by atoms with Gasteiger partial charge in [0.25, 0.3) is 0 Å². The molecule has 1 fully saturated rings. The number of aliphatic hydroxyl groups is 1. The van der Waals surface area contributed by atoms with Crippen LogP contribution < -0.4 is 0 Å². The van der Waals surface area contributed by atoms with Gasteiger partial charge < -0.3 is 9.84 Å². The Kier molecular flexibility index (Phi) is 2.49. The zero-order valence-corrected chi connectivity index (χ0v) is 5.84. The summed E-state index contributed by atoms with van der Waals surface area (Å²) >= 11 is 0. The van der Waals surface area contributed by atoms with Gasteiger partial charge in [0.2, 0.25) is 0 Å². The van der Waals surface area contributed by atoms with E-state index in [2.05, 4.69) is 6.92 Å². The van der Waals surface area contributed by atoms with Crippen molar-refractivity contribution in [2.24, 2.45) is 5.92 Å². The van der Waals surface area contributed by atoms with E-state index >= 15 is 0 Å². The highest BCUT2D eigenvalue weighted by Crippen LogP contribution is 2.25. The van der Waals surface area contributed by atoms with Crippen LogP contribution in [0.25, 0.3) is 0 Å². The van der Waals surface area contributed by atoms with E-state index in [-0.39, 0.29) is 0 Å². The Hall–Kier alpha value is -0.0800. The molecule has 0 aromatic carbocycles. The van der Waals surface area contributed by atoms with Gasteiger partial charge in [-0.15, -0.1) is 0 Å². The second-order valence-corrected chi connectivity index (χ2v) is 2.55. The van der Waals surface area contributed by atoms with E-state index in [9.17, 15) is 0 Å². The average molecular weight is 130 g/mol. The van der Waals surface area contributed by atoms with Gasteiger partial charge in [-0.25, -0.2) is 0 Å². The number of epoxide rings is 1. The van der Waals surface area contributed by atoms with Crippen molar-refractivity contribution >= 4 is 0 Å². The molecule has 0 spiro atoms. The summed E-state index contributed by atoms with van der Waals surface area (Å²) in [6.07, 6.45) is 2.51. The van der Waals surface area contributed by atoms with Gasteiger partial charge in [0.1, 0.15) is 0 Å². The molecular formula is C7H14O2. The molecule has 9 heavy (non-hydrogen) atoms. The normalized spacial score (nSPS) is 28.0. The molecule has 1 heterocycles. The smallest absolute Gasteiger partial charge is 0.0838 e. The highest BCUT2D eigenvalue weighted by atomic mass is 16.6. The molecule has 1 N–H and O–H groups in total. The molecule has 1 aliphatic heterocycles. The van der Waals surface area contributed by atoms with Gasteiger partial charge in [0.05, 0.1) is 12.7 Å². The fourth-order valence-corrected chi connectivity index (χ4v) is 1.15. The summed E-state index contributed by atoms with van der Waals surface area (Å²) in [6.45, 7) is 3.36. The number of rotatable bonds is 4. The third-order valence-electron chi connectivity index (χ3n) is 1.91. The van der Waals surface area contributed by atoms with Crippen molar-refractivity contribution in [3.05, 3.63) is 0 Å². The molecule has 1 aliphatic rings. The molecule has 0 bridgehead atoms. The molecule has 0 aromatic heterocycles. The van der Waals surface area contributed by atoms with E-state index in [1.165, 1.54) is 0 Å². The van der Waals surface area contributed by atoms with Crippen LogP contribution in [0.3, 0.4) is 0 Å². The van der Waals surface area contributed by atoms with Crippen LogP contribution in [0.2, 0.25) is 0 Å². The average Bonchev–Trinajstić information content (AvgIpc) is 2.64. The van der Waals surface area contributed by atoms with Crippen LogP contribution in [0.5, 0.6) is 0 Å². The zero-order chi connectivity index (χ0) is 6.69. The van der Waals surface area contributed by atoms with Gasteiger partial charge in [-0.05, 0) is 12.3 Å². The SMILES string of the molecule is CC[C@H](CCO)C1CO1. The van der Waals surface area contributed by atoms with Gasteiger partial charge in [0.15, 0.2) is 0 Å². The summed E-state index contributed by atoms with van der Waals surface area (Å²) in [6, 6.07) is 0. The maximum Gasteiger partial charge on any atom is 0.0838 e. The Morgan fingerprint density at radius 3 is 2.78 bits per heavy atom. The van der Waals surface area contributed by atoms with E-state index < -0.39 is 0 Å². The highest BCUT2D eigenvalue weighted by molar-refractivity contribution is 4.77. The Labute approximate surface area is 55.8 Å². The van der Waals surface area contributed by atoms with Gasteiger partial charge in [0, 0.05) is 6.61 Å². The van der Waals surface area contributed by atoms with Crippen LogP contribution in [-0.2, 0) is 4.74 Å². The molecule has 2 nitrogen and oxygen atoms in total. The molecule has 0 saturated carbocycles. The van der Waals surface area contributed by atoms with Crippen molar-refractivity contribution in [2.45, 2.75) is 25.9 Å². The van der Waals surface area contributed by atoms with Crippen LogP contribution in [0.4, 0.5) is 0 Å². The van der Waals surface area contributed by atoms with Gasteiger partial charge in [-0.3, -0.25) is 0 Å². The minimum atomic E-state index is 0.304. The Morgan fingerprint density at radius 2 is 2.44 bits per heavy atom.